The van der Waals surface area contributed by atoms with Crippen molar-refractivity contribution in [3.05, 3.63) is 23.6 Å². The molecule has 1 spiro atoms. The van der Waals surface area contributed by atoms with E-state index in [4.69, 9.17) is 9.47 Å². The van der Waals surface area contributed by atoms with E-state index in [1.807, 2.05) is 0 Å². The summed E-state index contributed by atoms with van der Waals surface area (Å²) >= 11 is 7.65. The molecule has 3 aliphatic heterocycles. The second kappa shape index (κ2) is 16.8. The Bertz CT molecular complexity index is 1640. The minimum atomic E-state index is -4.33. The van der Waals surface area contributed by atoms with Crippen molar-refractivity contribution in [2.75, 3.05) is 18.8 Å². The van der Waals surface area contributed by atoms with Crippen LogP contribution in [-0.4, -0.2) is 99.1 Å². The van der Waals surface area contributed by atoms with E-state index in [9.17, 15) is 25.9 Å². The summed E-state index contributed by atoms with van der Waals surface area (Å²) < 4.78 is 85.7. The van der Waals surface area contributed by atoms with Gasteiger partial charge in [-0.05, 0) is 119 Å². The number of nitrogens with zero attached hydrogens (tertiary/aromatic N) is 2. The van der Waals surface area contributed by atoms with Gasteiger partial charge < -0.3 is 9.47 Å². The number of quaternary nitrogens is 1. The molecular weight excluding hydrogens is 848 g/mol. The monoisotopic (exact) mass is 908 g/mol. The molecule has 0 radical (unpaired) electrons. The molecule has 2 N–H and O–H groups in total. The number of hydrogen-bond donors (Lipinski definition) is 2. The van der Waals surface area contributed by atoms with Gasteiger partial charge in [0.15, 0.2) is 18.2 Å². The van der Waals surface area contributed by atoms with E-state index in [1.54, 1.807) is 0 Å². The van der Waals surface area contributed by atoms with Gasteiger partial charge in [0.1, 0.15) is 12.6 Å². The van der Waals surface area contributed by atoms with Crippen LogP contribution in [0.15, 0.2) is 23.6 Å². The normalized spacial score (nSPS) is 41.7. The Balaban J connectivity index is 1.19. The molecular formula is C39H62Br2N2O8S2+2. The number of ether oxygens (including phenoxy) is 2. The molecule has 3 heterocycles. The van der Waals surface area contributed by atoms with Crippen LogP contribution in [0.5, 0.6) is 0 Å². The van der Waals surface area contributed by atoms with Crippen LogP contribution >= 0.6 is 31.9 Å². The van der Waals surface area contributed by atoms with E-state index in [1.165, 1.54) is 51.4 Å². The molecule has 10 nitrogen and oxygen atoms in total. The smallest absolute Gasteiger partial charge is 0.363 e. The lowest BCUT2D eigenvalue weighted by Crippen LogP contribution is -2.60. The lowest BCUT2D eigenvalue weighted by Gasteiger charge is -2.43. The van der Waals surface area contributed by atoms with Crippen LogP contribution in [0.4, 0.5) is 0 Å². The van der Waals surface area contributed by atoms with Crippen molar-refractivity contribution in [1.82, 2.24) is 0 Å². The largest absolute Gasteiger partial charge is 0.442 e. The average Bonchev–Trinajstić information content (AvgIpc) is 3.80. The molecule has 8 atom stereocenters. The van der Waals surface area contributed by atoms with Gasteiger partial charge in [-0.3, -0.25) is 9.11 Å². The van der Waals surface area contributed by atoms with Crippen LogP contribution in [0.25, 0.3) is 0 Å². The third-order valence-electron chi connectivity index (χ3n) is 14.5. The van der Waals surface area contributed by atoms with E-state index in [-0.39, 0.29) is 34.5 Å². The first-order chi connectivity index (χ1) is 25.2. The first-order valence-electron chi connectivity index (χ1n) is 20.7. The van der Waals surface area contributed by atoms with Crippen molar-refractivity contribution < 1.29 is 44.5 Å². The van der Waals surface area contributed by atoms with Gasteiger partial charge in [0.05, 0.1) is 18.4 Å². The van der Waals surface area contributed by atoms with Crippen molar-refractivity contribution in [3.63, 3.8) is 0 Å². The van der Waals surface area contributed by atoms with E-state index in [0.717, 1.165) is 62.3 Å². The van der Waals surface area contributed by atoms with Crippen LogP contribution in [0.2, 0.25) is 0 Å². The van der Waals surface area contributed by atoms with Gasteiger partial charge in [-0.2, -0.15) is 21.4 Å². The zero-order valence-electron chi connectivity index (χ0n) is 31.4. The molecule has 0 aromatic rings. The van der Waals surface area contributed by atoms with Gasteiger partial charge in [0, 0.05) is 47.8 Å². The standard InChI is InChI=1S/C39H60Br2N2O8S2/c1-2-26(22-37-42(19-3-4-21-52(44,45)46)33-24-29(11-17-35(33)50-37)27-7-13-31(40)14-8-27)23-38-43(20-5-6-39(43)53(47,48)49)34-25-30(12-18-36(34)51-38)28-9-15-32(41)16-10-28/h22-23,27-36,39H,2-21,24-25H2,1H3/p+2. The van der Waals surface area contributed by atoms with Gasteiger partial charge in [0.25, 0.3) is 16.0 Å². The minimum Gasteiger partial charge on any atom is -0.442 e. The fraction of sp³-hybridized carbons (Fsp3) is 0.872. The van der Waals surface area contributed by atoms with Crippen LogP contribution in [0.3, 0.4) is 0 Å². The summed E-state index contributed by atoms with van der Waals surface area (Å²) in [5.41, 5.74) is 0.994. The third-order valence-corrected chi connectivity index (χ3v) is 18.4. The number of unbranched alkanes of at least 4 members (excludes halogenated alkanes) is 1. The van der Waals surface area contributed by atoms with E-state index in [0.29, 0.717) is 72.1 Å². The fourth-order valence-corrected chi connectivity index (χ4v) is 14.7. The Hall–Kier alpha value is -0.510. The molecule has 2 saturated heterocycles. The topological polar surface area (TPSA) is 130 Å². The molecule has 0 aromatic heterocycles. The minimum absolute atomic E-state index is 0.00308. The van der Waals surface area contributed by atoms with Crippen LogP contribution in [0.1, 0.15) is 129 Å². The Morgan fingerprint density at radius 1 is 0.792 bits per heavy atom. The fourth-order valence-electron chi connectivity index (χ4n) is 11.7. The zero-order chi connectivity index (χ0) is 37.5. The van der Waals surface area contributed by atoms with Gasteiger partial charge in [-0.25, -0.2) is 4.48 Å². The van der Waals surface area contributed by atoms with Crippen LogP contribution in [-0.2, 0) is 29.7 Å². The Kier molecular flexibility index (Phi) is 12.9. The number of alkyl halides is 2. The lowest BCUT2D eigenvalue weighted by atomic mass is 9.71. The van der Waals surface area contributed by atoms with E-state index in [2.05, 4.69) is 55.5 Å². The number of fused-ring (bicyclic) bond motifs is 3. The molecule has 6 fully saturated rings. The van der Waals surface area contributed by atoms with E-state index >= 15 is 0 Å². The molecule has 300 valence electrons. The molecule has 4 saturated carbocycles. The molecule has 8 unspecified atom stereocenters. The SMILES string of the molecule is CCC(=CC1=[N+](CCCCS(=O)(=O)O)C2CC(C3CCC(Br)CC3)CCC2O1)C=C1OC2CCC(C3CCC(Br)CC3)CC2[N+]12CCCC2S(=O)(=O)O. The molecule has 0 bridgehead atoms. The summed E-state index contributed by atoms with van der Waals surface area (Å²) in [5.74, 6) is 3.77. The predicted octanol–water partition coefficient (Wildman–Crippen LogP) is 8.11. The summed E-state index contributed by atoms with van der Waals surface area (Å²) in [5, 5.41) is -0.923. The van der Waals surface area contributed by atoms with Gasteiger partial charge in [0.2, 0.25) is 5.37 Å². The van der Waals surface area contributed by atoms with Gasteiger partial charge in [-0.15, -0.1) is 0 Å². The number of allylic oxidation sites excluding steroid dienone is 2. The molecule has 0 amide bonds. The van der Waals surface area contributed by atoms with Crippen molar-refractivity contribution in [2.24, 2.45) is 23.7 Å². The van der Waals surface area contributed by atoms with Crippen LogP contribution < -0.4 is 0 Å². The highest BCUT2D eigenvalue weighted by Gasteiger charge is 2.65. The predicted molar refractivity (Wildman–Crippen MR) is 213 cm³/mol. The summed E-state index contributed by atoms with van der Waals surface area (Å²) in [4.78, 5) is 1.22. The maximum Gasteiger partial charge on any atom is 0.363 e. The second-order valence-electron chi connectivity index (χ2n) is 17.5. The molecule has 4 aliphatic carbocycles. The van der Waals surface area contributed by atoms with Gasteiger partial charge in [-0.1, -0.05) is 38.8 Å². The highest BCUT2D eigenvalue weighted by molar-refractivity contribution is 9.09. The maximum absolute atomic E-state index is 13.2. The molecule has 0 aromatic carbocycles. The Morgan fingerprint density at radius 3 is 2.00 bits per heavy atom. The Labute approximate surface area is 334 Å². The van der Waals surface area contributed by atoms with E-state index < -0.39 is 25.6 Å². The van der Waals surface area contributed by atoms with Crippen molar-refractivity contribution in [2.45, 2.75) is 168 Å². The third kappa shape index (κ3) is 8.98. The molecule has 53 heavy (non-hydrogen) atoms. The second-order valence-corrected chi connectivity index (χ2v) is 23.2. The average molecular weight is 911 g/mol. The maximum atomic E-state index is 13.2. The number of hydrogen-bond acceptors (Lipinski definition) is 6. The van der Waals surface area contributed by atoms with Crippen molar-refractivity contribution in [1.29, 1.82) is 0 Å². The first kappa shape index (κ1) is 40.7. The zero-order valence-corrected chi connectivity index (χ0v) is 36.2. The molecule has 7 aliphatic rings. The van der Waals surface area contributed by atoms with Crippen LogP contribution in [0, 0.1) is 23.7 Å². The summed E-state index contributed by atoms with van der Waals surface area (Å²) in [6.45, 7) is 3.39. The quantitative estimate of drug-likeness (QED) is 0.0700. The first-order valence-corrected chi connectivity index (χ1v) is 25.7. The summed E-state index contributed by atoms with van der Waals surface area (Å²) in [7, 11) is -8.36. The number of halogens is 2. The lowest BCUT2D eigenvalue weighted by molar-refractivity contribution is -0.912. The number of rotatable bonds is 11. The van der Waals surface area contributed by atoms with Crippen molar-refractivity contribution >= 4 is 58.0 Å². The Morgan fingerprint density at radius 2 is 1.40 bits per heavy atom. The molecule has 7 rings (SSSR count). The van der Waals surface area contributed by atoms with Crippen molar-refractivity contribution in [3.8, 4) is 0 Å². The highest BCUT2D eigenvalue weighted by Crippen LogP contribution is 2.53. The highest BCUT2D eigenvalue weighted by atomic mass is 79.9. The summed E-state index contributed by atoms with van der Waals surface area (Å²) in [6.07, 6.45) is 22.9. The summed E-state index contributed by atoms with van der Waals surface area (Å²) in [6, 6.07) is 0.213. The molecule has 14 heteroatoms. The van der Waals surface area contributed by atoms with Gasteiger partial charge >= 0.3 is 16.0 Å².